The summed E-state index contributed by atoms with van der Waals surface area (Å²) in [6, 6.07) is 0. The molecular formula is C15H32O2Sn2. The van der Waals surface area contributed by atoms with E-state index in [1.807, 2.05) is 0 Å². The van der Waals surface area contributed by atoms with E-state index in [9.17, 15) is 4.79 Å². The molecule has 0 heterocycles. The fourth-order valence-electron chi connectivity index (χ4n) is 2.41. The quantitative estimate of drug-likeness (QED) is 0.226. The van der Waals surface area contributed by atoms with Crippen LogP contribution >= 0.6 is 0 Å². The number of carbonyl (C=O) groups excluding carboxylic acids is 1. The van der Waals surface area contributed by atoms with Gasteiger partial charge in [0.15, 0.2) is 0 Å². The monoisotopic (exact) mass is 484 g/mol. The molecule has 0 atom stereocenters. The average molecular weight is 482 g/mol. The summed E-state index contributed by atoms with van der Waals surface area (Å²) in [4.78, 5) is 26.6. The summed E-state index contributed by atoms with van der Waals surface area (Å²) >= 11 is -4.66. The molecule has 4 heteroatoms. The number of hydrogen-bond donors (Lipinski definition) is 0. The SMILES string of the molecule is CCCCC/[C](=[C](\C(=O)OC)[Sn]([CH3])([CH3])[CH3])[Sn]([CH3])([CH3])[CH3]. The molecule has 0 unspecified atom stereocenters. The van der Waals surface area contributed by atoms with Gasteiger partial charge in [-0.05, 0) is 0 Å². The molecule has 0 saturated heterocycles. The second kappa shape index (κ2) is 8.30. The Kier molecular flexibility index (Phi) is 8.65. The van der Waals surface area contributed by atoms with Gasteiger partial charge in [0.1, 0.15) is 0 Å². The third-order valence-corrected chi connectivity index (χ3v) is 17.7. The number of carbonyl (C=O) groups is 1. The van der Waals surface area contributed by atoms with Crippen LogP contribution in [0.1, 0.15) is 32.6 Å². The second-order valence-electron chi connectivity index (χ2n) is 7.30. The van der Waals surface area contributed by atoms with E-state index >= 15 is 0 Å². The van der Waals surface area contributed by atoms with Crippen LogP contribution in [0.2, 0.25) is 29.6 Å². The molecule has 0 amide bonds. The van der Waals surface area contributed by atoms with Crippen molar-refractivity contribution in [1.82, 2.24) is 0 Å². The van der Waals surface area contributed by atoms with E-state index in [1.54, 1.807) is 3.59 Å². The molecule has 0 bridgehead atoms. The van der Waals surface area contributed by atoms with Crippen LogP contribution in [0.4, 0.5) is 0 Å². The normalized spacial score (nSPS) is 14.1. The first-order chi connectivity index (χ1) is 8.55. The summed E-state index contributed by atoms with van der Waals surface area (Å²) in [6.45, 7) is 2.23. The molecule has 0 aromatic rings. The van der Waals surface area contributed by atoms with Gasteiger partial charge in [0.2, 0.25) is 0 Å². The number of methoxy groups -OCH3 is 1. The minimum atomic E-state index is -2.42. The Hall–Kier alpha value is 0.807. The van der Waals surface area contributed by atoms with Gasteiger partial charge < -0.3 is 0 Å². The van der Waals surface area contributed by atoms with Crippen molar-refractivity contribution in [1.29, 1.82) is 0 Å². The number of hydrogen-bond acceptors (Lipinski definition) is 2. The molecule has 0 aromatic carbocycles. The van der Waals surface area contributed by atoms with Crippen LogP contribution in [0.5, 0.6) is 0 Å². The second-order valence-corrected chi connectivity index (χ2v) is 36.1. The van der Waals surface area contributed by atoms with E-state index in [-0.39, 0.29) is 5.97 Å². The molecule has 0 saturated carbocycles. The van der Waals surface area contributed by atoms with Crippen molar-refractivity contribution in [2.75, 3.05) is 7.11 Å². The van der Waals surface area contributed by atoms with Crippen molar-refractivity contribution in [3.05, 3.63) is 7.18 Å². The van der Waals surface area contributed by atoms with Crippen molar-refractivity contribution in [3.63, 3.8) is 0 Å². The third kappa shape index (κ3) is 6.87. The van der Waals surface area contributed by atoms with E-state index in [2.05, 4.69) is 36.6 Å². The van der Waals surface area contributed by atoms with E-state index in [1.165, 1.54) is 26.4 Å². The summed E-state index contributed by atoms with van der Waals surface area (Å²) in [7, 11) is 1.53. The zero-order valence-electron chi connectivity index (χ0n) is 14.1. The van der Waals surface area contributed by atoms with Crippen LogP contribution in [0, 0.1) is 0 Å². The third-order valence-electron chi connectivity index (χ3n) is 3.38. The van der Waals surface area contributed by atoms with Crippen LogP contribution < -0.4 is 0 Å². The molecule has 112 valence electrons. The summed E-state index contributed by atoms with van der Waals surface area (Å²) < 4.78 is 7.83. The average Bonchev–Trinajstić information content (AvgIpc) is 2.24. The van der Waals surface area contributed by atoms with Crippen molar-refractivity contribution >= 4 is 42.7 Å². The molecule has 0 aliphatic carbocycles. The maximum absolute atomic E-state index is 12.3. The maximum atomic E-state index is 12.3. The van der Waals surface area contributed by atoms with Crippen molar-refractivity contribution in [2.24, 2.45) is 0 Å². The van der Waals surface area contributed by atoms with Crippen LogP contribution in [-0.4, -0.2) is 49.8 Å². The molecular weight excluding hydrogens is 450 g/mol. The van der Waals surface area contributed by atoms with Crippen molar-refractivity contribution in [2.45, 2.75) is 62.2 Å². The molecule has 0 spiro atoms. The van der Waals surface area contributed by atoms with Gasteiger partial charge in [-0.15, -0.1) is 0 Å². The topological polar surface area (TPSA) is 26.3 Å². The summed E-state index contributed by atoms with van der Waals surface area (Å²) in [5, 5.41) is 0. The molecule has 0 radical (unpaired) electrons. The van der Waals surface area contributed by atoms with Crippen LogP contribution in [0.25, 0.3) is 0 Å². The van der Waals surface area contributed by atoms with Gasteiger partial charge >= 0.3 is 129 Å². The van der Waals surface area contributed by atoms with Crippen LogP contribution in [0.3, 0.4) is 0 Å². The number of unbranched alkanes of at least 4 members (excludes halogenated alkanes) is 2. The molecule has 2 nitrogen and oxygen atoms in total. The van der Waals surface area contributed by atoms with Gasteiger partial charge in [-0.25, -0.2) is 0 Å². The van der Waals surface area contributed by atoms with Crippen molar-refractivity contribution in [3.8, 4) is 0 Å². The number of ether oxygens (including phenoxy) is 1. The number of esters is 1. The van der Waals surface area contributed by atoms with Gasteiger partial charge in [0.25, 0.3) is 0 Å². The van der Waals surface area contributed by atoms with E-state index in [4.69, 9.17) is 4.74 Å². The van der Waals surface area contributed by atoms with Crippen LogP contribution in [0.15, 0.2) is 7.18 Å². The Bertz CT molecular complexity index is 333. The summed E-state index contributed by atoms with van der Waals surface area (Å²) in [5.41, 5.74) is 0. The fraction of sp³-hybridized carbons (Fsp3) is 0.800. The summed E-state index contributed by atoms with van der Waals surface area (Å²) in [5.74, 6) is -0.0265. The molecule has 0 rings (SSSR count). The van der Waals surface area contributed by atoms with Gasteiger partial charge in [-0.2, -0.15) is 0 Å². The Balaban J connectivity index is 5.65. The zero-order chi connectivity index (χ0) is 15.3. The summed E-state index contributed by atoms with van der Waals surface area (Å²) in [6.07, 6.45) is 4.85. The molecule has 0 aliphatic heterocycles. The van der Waals surface area contributed by atoms with E-state index in [0.717, 1.165) is 10.0 Å². The van der Waals surface area contributed by atoms with Gasteiger partial charge in [0.05, 0.1) is 0 Å². The fourth-order valence-corrected chi connectivity index (χ4v) is 26.8. The number of rotatable bonds is 7. The predicted octanol–water partition coefficient (Wildman–Crippen LogP) is 4.79. The standard InChI is InChI=1S/C9H14O2.6CH3.2Sn/c1-3-4-5-6-7-8-9(10)11-2;;;;;;;;/h3-6H2,1-2H3;6*1H3;;. The molecule has 0 N–H and O–H groups in total. The molecule has 19 heavy (non-hydrogen) atoms. The Morgan fingerprint density at radius 2 is 1.47 bits per heavy atom. The van der Waals surface area contributed by atoms with E-state index < -0.39 is 36.8 Å². The van der Waals surface area contributed by atoms with Crippen LogP contribution in [-0.2, 0) is 9.53 Å². The number of allylic oxidation sites excluding steroid dienone is 1. The molecule has 0 fully saturated rings. The van der Waals surface area contributed by atoms with Gasteiger partial charge in [-0.3, -0.25) is 0 Å². The molecule has 0 aromatic heterocycles. The van der Waals surface area contributed by atoms with Crippen molar-refractivity contribution < 1.29 is 9.53 Å². The van der Waals surface area contributed by atoms with Gasteiger partial charge in [-0.1, -0.05) is 0 Å². The Labute approximate surface area is 128 Å². The van der Waals surface area contributed by atoms with E-state index in [0.29, 0.717) is 0 Å². The minimum absolute atomic E-state index is 0.0265. The first-order valence-electron chi connectivity index (χ1n) is 7.38. The first kappa shape index (κ1) is 19.8. The Morgan fingerprint density at radius 3 is 1.79 bits per heavy atom. The predicted molar refractivity (Wildman–Crippen MR) is 89.9 cm³/mol. The Morgan fingerprint density at radius 1 is 0.947 bits per heavy atom. The molecule has 0 aliphatic rings. The first-order valence-corrected chi connectivity index (χ1v) is 27.4. The zero-order valence-corrected chi connectivity index (χ0v) is 19.9. The van der Waals surface area contributed by atoms with Gasteiger partial charge in [0, 0.05) is 0 Å².